The average Bonchev–Trinajstić information content (AvgIpc) is 2.54. The van der Waals surface area contributed by atoms with E-state index >= 15 is 0 Å². The molecule has 0 spiro atoms. The Morgan fingerprint density at radius 1 is 0.958 bits per heavy atom. The summed E-state index contributed by atoms with van der Waals surface area (Å²) >= 11 is 0. The molecule has 0 saturated heterocycles. The van der Waals surface area contributed by atoms with Crippen LogP contribution in [0.4, 0.5) is 0 Å². The van der Waals surface area contributed by atoms with Crippen molar-refractivity contribution in [3.05, 3.63) is 60.2 Å². The van der Waals surface area contributed by atoms with Crippen molar-refractivity contribution in [2.45, 2.75) is 31.8 Å². The van der Waals surface area contributed by atoms with E-state index in [1.807, 2.05) is 13.8 Å². The highest BCUT2D eigenvalue weighted by atomic mass is 32.2. The fraction of sp³-hybridized carbons (Fsp3) is 0.278. The standard InChI is InChI=1S/C18H20O5S/c1-13(2)18(22-14(3)19)15-9-11-16(12-10-15)23-24(20,21)17-7-5-4-6-8-17/h4-13,18H,1-3H3. The van der Waals surface area contributed by atoms with Crippen LogP contribution < -0.4 is 4.18 Å². The molecule has 128 valence electrons. The van der Waals surface area contributed by atoms with Gasteiger partial charge in [0.2, 0.25) is 0 Å². The molecule has 1 unspecified atom stereocenters. The Kier molecular flexibility index (Phi) is 5.62. The number of hydrogen-bond donors (Lipinski definition) is 0. The minimum Gasteiger partial charge on any atom is -0.457 e. The molecule has 0 aliphatic rings. The quantitative estimate of drug-likeness (QED) is 0.588. The van der Waals surface area contributed by atoms with Crippen LogP contribution in [0.3, 0.4) is 0 Å². The van der Waals surface area contributed by atoms with E-state index < -0.39 is 10.1 Å². The zero-order valence-corrected chi connectivity index (χ0v) is 14.6. The van der Waals surface area contributed by atoms with Crippen LogP contribution in [0.2, 0.25) is 0 Å². The lowest BCUT2D eigenvalue weighted by molar-refractivity contribution is -0.149. The smallest absolute Gasteiger partial charge is 0.339 e. The maximum Gasteiger partial charge on any atom is 0.339 e. The zero-order chi connectivity index (χ0) is 17.7. The maximum absolute atomic E-state index is 12.2. The van der Waals surface area contributed by atoms with E-state index in [4.69, 9.17) is 8.92 Å². The van der Waals surface area contributed by atoms with Gasteiger partial charge in [-0.1, -0.05) is 44.2 Å². The number of ether oxygens (including phenoxy) is 1. The summed E-state index contributed by atoms with van der Waals surface area (Å²) in [7, 11) is -3.87. The highest BCUT2D eigenvalue weighted by Crippen LogP contribution is 2.28. The number of rotatable bonds is 6. The van der Waals surface area contributed by atoms with Crippen molar-refractivity contribution in [3.63, 3.8) is 0 Å². The first kappa shape index (κ1) is 18.0. The lowest BCUT2D eigenvalue weighted by atomic mass is 9.99. The van der Waals surface area contributed by atoms with Gasteiger partial charge in [0.05, 0.1) is 0 Å². The molecule has 0 fully saturated rings. The molecule has 5 nitrogen and oxygen atoms in total. The van der Waals surface area contributed by atoms with Gasteiger partial charge in [-0.2, -0.15) is 8.42 Å². The molecule has 0 bridgehead atoms. The van der Waals surface area contributed by atoms with Crippen LogP contribution in [0.1, 0.15) is 32.4 Å². The lowest BCUT2D eigenvalue weighted by Crippen LogP contribution is -2.14. The number of esters is 1. The first-order valence-electron chi connectivity index (χ1n) is 7.56. The molecule has 0 radical (unpaired) electrons. The lowest BCUT2D eigenvalue weighted by Gasteiger charge is -2.21. The third-order valence-corrected chi connectivity index (χ3v) is 4.61. The predicted molar refractivity (Wildman–Crippen MR) is 90.0 cm³/mol. The number of carbonyl (C=O) groups excluding carboxylic acids is 1. The summed E-state index contributed by atoms with van der Waals surface area (Å²) in [6.45, 7) is 5.25. The summed E-state index contributed by atoms with van der Waals surface area (Å²) in [5.74, 6) is -0.0673. The molecule has 0 N–H and O–H groups in total. The fourth-order valence-electron chi connectivity index (χ4n) is 2.24. The van der Waals surface area contributed by atoms with Crippen molar-refractivity contribution in [2.75, 3.05) is 0 Å². The van der Waals surface area contributed by atoms with E-state index in [0.717, 1.165) is 5.56 Å². The van der Waals surface area contributed by atoms with Crippen LogP contribution >= 0.6 is 0 Å². The van der Waals surface area contributed by atoms with E-state index in [2.05, 4.69) is 0 Å². The molecule has 0 heterocycles. The Morgan fingerprint density at radius 2 is 1.54 bits per heavy atom. The monoisotopic (exact) mass is 348 g/mol. The molecule has 6 heteroatoms. The first-order chi connectivity index (χ1) is 11.3. The summed E-state index contributed by atoms with van der Waals surface area (Å²) in [5.41, 5.74) is 0.782. The maximum atomic E-state index is 12.2. The molecule has 24 heavy (non-hydrogen) atoms. The summed E-state index contributed by atoms with van der Waals surface area (Å²) < 4.78 is 34.8. The van der Waals surface area contributed by atoms with Gasteiger partial charge in [0, 0.05) is 6.92 Å². The van der Waals surface area contributed by atoms with Crippen LogP contribution in [0.5, 0.6) is 5.75 Å². The van der Waals surface area contributed by atoms with E-state index in [-0.39, 0.29) is 28.6 Å². The summed E-state index contributed by atoms with van der Waals surface area (Å²) in [6, 6.07) is 14.4. The molecule has 0 aliphatic carbocycles. The van der Waals surface area contributed by atoms with Crippen molar-refractivity contribution in [2.24, 2.45) is 5.92 Å². The van der Waals surface area contributed by atoms with Crippen LogP contribution in [0.15, 0.2) is 59.5 Å². The molecule has 1 atom stereocenters. The van der Waals surface area contributed by atoms with Crippen molar-refractivity contribution in [1.82, 2.24) is 0 Å². The molecule has 0 saturated carbocycles. The van der Waals surface area contributed by atoms with Gasteiger partial charge in [-0.15, -0.1) is 0 Å². The summed E-state index contributed by atoms with van der Waals surface area (Å²) in [6.07, 6.45) is -0.387. The Labute approximate surface area is 142 Å². The van der Waals surface area contributed by atoms with Crippen molar-refractivity contribution in [1.29, 1.82) is 0 Å². The fourth-order valence-corrected chi connectivity index (χ4v) is 3.19. The van der Waals surface area contributed by atoms with Crippen molar-refractivity contribution in [3.8, 4) is 5.75 Å². The van der Waals surface area contributed by atoms with Crippen LogP contribution in [-0.2, 0) is 19.6 Å². The Hall–Kier alpha value is -2.34. The molecular formula is C18H20O5S. The van der Waals surface area contributed by atoms with Crippen molar-refractivity contribution < 1.29 is 22.1 Å². The van der Waals surface area contributed by atoms with Crippen LogP contribution in [0.25, 0.3) is 0 Å². The zero-order valence-electron chi connectivity index (χ0n) is 13.8. The minimum atomic E-state index is -3.87. The Bertz CT molecular complexity index is 780. The van der Waals surface area contributed by atoms with Gasteiger partial charge in [0.1, 0.15) is 16.7 Å². The Morgan fingerprint density at radius 3 is 2.04 bits per heavy atom. The second-order valence-corrected chi connectivity index (χ2v) is 7.24. The summed E-state index contributed by atoms with van der Waals surface area (Å²) in [5, 5.41) is 0. The second kappa shape index (κ2) is 7.49. The van der Waals surface area contributed by atoms with E-state index in [1.165, 1.54) is 19.1 Å². The molecule has 2 aromatic carbocycles. The number of carbonyl (C=O) groups is 1. The highest BCUT2D eigenvalue weighted by Gasteiger charge is 2.20. The molecule has 2 aromatic rings. The SMILES string of the molecule is CC(=O)OC(c1ccc(OS(=O)(=O)c2ccccc2)cc1)C(C)C. The second-order valence-electron chi connectivity index (χ2n) is 5.69. The third-order valence-electron chi connectivity index (χ3n) is 3.34. The van der Waals surface area contributed by atoms with Gasteiger partial charge in [0.25, 0.3) is 0 Å². The van der Waals surface area contributed by atoms with Gasteiger partial charge >= 0.3 is 16.1 Å². The van der Waals surface area contributed by atoms with Crippen molar-refractivity contribution >= 4 is 16.1 Å². The van der Waals surface area contributed by atoms with Gasteiger partial charge in [-0.3, -0.25) is 4.79 Å². The normalized spacial score (nSPS) is 12.7. The van der Waals surface area contributed by atoms with E-state index in [9.17, 15) is 13.2 Å². The summed E-state index contributed by atoms with van der Waals surface area (Å²) in [4.78, 5) is 11.3. The Balaban J connectivity index is 2.19. The van der Waals surface area contributed by atoms with E-state index in [1.54, 1.807) is 42.5 Å². The van der Waals surface area contributed by atoms with Crippen LogP contribution in [-0.4, -0.2) is 14.4 Å². The van der Waals surface area contributed by atoms with E-state index in [0.29, 0.717) is 0 Å². The largest absolute Gasteiger partial charge is 0.457 e. The van der Waals surface area contributed by atoms with Gasteiger partial charge in [-0.25, -0.2) is 0 Å². The first-order valence-corrected chi connectivity index (χ1v) is 8.97. The minimum absolute atomic E-state index is 0.0914. The van der Waals surface area contributed by atoms with Gasteiger partial charge in [0.15, 0.2) is 0 Å². The van der Waals surface area contributed by atoms with Gasteiger partial charge in [-0.05, 0) is 35.7 Å². The topological polar surface area (TPSA) is 69.7 Å². The van der Waals surface area contributed by atoms with Gasteiger partial charge < -0.3 is 8.92 Å². The third kappa shape index (κ3) is 4.58. The average molecular weight is 348 g/mol. The highest BCUT2D eigenvalue weighted by molar-refractivity contribution is 7.87. The van der Waals surface area contributed by atoms with Crippen LogP contribution in [0, 0.1) is 5.92 Å². The predicted octanol–water partition coefficient (Wildman–Crippen LogP) is 3.71. The number of benzene rings is 2. The molecule has 2 rings (SSSR count). The number of hydrogen-bond acceptors (Lipinski definition) is 5. The molecule has 0 aromatic heterocycles. The molecule has 0 amide bonds. The molecular weight excluding hydrogens is 328 g/mol. The molecule has 0 aliphatic heterocycles.